The summed E-state index contributed by atoms with van der Waals surface area (Å²) < 4.78 is 5.80. The van der Waals surface area contributed by atoms with E-state index in [0.717, 1.165) is 57.5 Å². The monoisotopic (exact) mass is 377 g/mol. The maximum Gasteiger partial charge on any atom is 0.320 e. The van der Waals surface area contributed by atoms with Gasteiger partial charge < -0.3 is 14.5 Å². The van der Waals surface area contributed by atoms with Crippen LogP contribution in [0.4, 0.5) is 4.79 Å². The molecule has 1 aliphatic carbocycles. The SMILES string of the molecule is O=C(N1CCCN(C2CCC2)CC1)N1CC(COc2ccc(Cl)cc2)C1. The number of rotatable bonds is 4. The molecule has 4 rings (SSSR count). The van der Waals surface area contributed by atoms with Crippen molar-refractivity contribution in [2.75, 3.05) is 45.9 Å². The quantitative estimate of drug-likeness (QED) is 0.807. The summed E-state index contributed by atoms with van der Waals surface area (Å²) in [4.78, 5) is 19.3. The molecule has 6 heteroatoms. The van der Waals surface area contributed by atoms with Crippen LogP contribution in [-0.2, 0) is 0 Å². The number of carbonyl (C=O) groups is 1. The summed E-state index contributed by atoms with van der Waals surface area (Å²) in [6.45, 7) is 6.20. The first-order chi connectivity index (χ1) is 12.7. The van der Waals surface area contributed by atoms with Crippen LogP contribution in [0, 0.1) is 5.92 Å². The van der Waals surface area contributed by atoms with Crippen molar-refractivity contribution >= 4 is 17.6 Å². The summed E-state index contributed by atoms with van der Waals surface area (Å²) in [6.07, 6.45) is 5.15. The fourth-order valence-electron chi connectivity index (χ4n) is 4.02. The largest absolute Gasteiger partial charge is 0.493 e. The van der Waals surface area contributed by atoms with Crippen LogP contribution in [0.15, 0.2) is 24.3 Å². The van der Waals surface area contributed by atoms with Gasteiger partial charge in [-0.25, -0.2) is 4.79 Å². The Hall–Kier alpha value is -1.46. The molecular formula is C20H28ClN3O2. The van der Waals surface area contributed by atoms with Gasteiger partial charge in [-0.1, -0.05) is 18.0 Å². The van der Waals surface area contributed by atoms with Crippen LogP contribution < -0.4 is 4.74 Å². The number of nitrogens with zero attached hydrogens (tertiary/aromatic N) is 3. The van der Waals surface area contributed by atoms with E-state index in [2.05, 4.69) is 9.80 Å². The summed E-state index contributed by atoms with van der Waals surface area (Å²) in [5.41, 5.74) is 0. The van der Waals surface area contributed by atoms with Gasteiger partial charge in [0.1, 0.15) is 5.75 Å². The molecule has 5 nitrogen and oxygen atoms in total. The summed E-state index contributed by atoms with van der Waals surface area (Å²) >= 11 is 5.88. The van der Waals surface area contributed by atoms with E-state index in [0.29, 0.717) is 17.5 Å². The number of hydrogen-bond acceptors (Lipinski definition) is 3. The van der Waals surface area contributed by atoms with Gasteiger partial charge in [-0.05, 0) is 43.5 Å². The maximum absolute atomic E-state index is 12.7. The summed E-state index contributed by atoms with van der Waals surface area (Å²) in [5.74, 6) is 1.26. The molecule has 0 bridgehead atoms. The molecular weight excluding hydrogens is 350 g/mol. The molecule has 1 saturated carbocycles. The van der Waals surface area contributed by atoms with Gasteiger partial charge in [-0.15, -0.1) is 0 Å². The standard InChI is InChI=1S/C20H28ClN3O2/c21-17-5-7-19(8-6-17)26-15-16-13-24(14-16)20(25)23-10-2-9-22(11-12-23)18-3-1-4-18/h5-8,16,18H,1-4,9-15H2. The Kier molecular flexibility index (Phi) is 5.55. The van der Waals surface area contributed by atoms with Crippen molar-refractivity contribution in [3.8, 4) is 5.75 Å². The lowest BCUT2D eigenvalue weighted by molar-refractivity contribution is 0.0650. The van der Waals surface area contributed by atoms with Crippen LogP contribution >= 0.6 is 11.6 Å². The molecule has 1 aromatic carbocycles. The molecule has 2 aliphatic heterocycles. The lowest BCUT2D eigenvalue weighted by atomic mass is 9.91. The van der Waals surface area contributed by atoms with E-state index in [1.54, 1.807) is 0 Å². The van der Waals surface area contributed by atoms with Crippen LogP contribution in [0.3, 0.4) is 0 Å². The van der Waals surface area contributed by atoms with Gasteiger partial charge in [-0.3, -0.25) is 4.90 Å². The van der Waals surface area contributed by atoms with E-state index < -0.39 is 0 Å². The average Bonchev–Trinajstić information content (AvgIpc) is 2.79. The molecule has 2 heterocycles. The summed E-state index contributed by atoms with van der Waals surface area (Å²) in [5, 5.41) is 0.714. The van der Waals surface area contributed by atoms with Crippen LogP contribution in [0.1, 0.15) is 25.7 Å². The predicted octanol–water partition coefficient (Wildman–Crippen LogP) is 3.33. The van der Waals surface area contributed by atoms with Crippen LogP contribution in [0.25, 0.3) is 0 Å². The number of halogens is 1. The third-order valence-corrected chi connectivity index (χ3v) is 6.17. The Balaban J connectivity index is 1.18. The molecule has 2 saturated heterocycles. The lowest BCUT2D eigenvalue weighted by Gasteiger charge is -2.41. The Morgan fingerprint density at radius 2 is 1.77 bits per heavy atom. The molecule has 0 atom stereocenters. The van der Waals surface area contributed by atoms with E-state index in [1.165, 1.54) is 19.3 Å². The topological polar surface area (TPSA) is 36.0 Å². The fourth-order valence-corrected chi connectivity index (χ4v) is 4.15. The number of amides is 2. The molecule has 0 radical (unpaired) electrons. The van der Waals surface area contributed by atoms with Crippen LogP contribution in [0.2, 0.25) is 5.02 Å². The van der Waals surface area contributed by atoms with E-state index in [9.17, 15) is 4.79 Å². The third kappa shape index (κ3) is 4.09. The molecule has 0 aromatic heterocycles. The second-order valence-electron chi connectivity index (χ2n) is 7.78. The van der Waals surface area contributed by atoms with Gasteiger partial charge in [0, 0.05) is 56.3 Å². The highest BCUT2D eigenvalue weighted by molar-refractivity contribution is 6.30. The predicted molar refractivity (Wildman–Crippen MR) is 103 cm³/mol. The van der Waals surface area contributed by atoms with E-state index in [4.69, 9.17) is 16.3 Å². The van der Waals surface area contributed by atoms with Crippen molar-refractivity contribution in [3.63, 3.8) is 0 Å². The highest BCUT2D eigenvalue weighted by atomic mass is 35.5. The third-order valence-electron chi connectivity index (χ3n) is 5.92. The molecule has 142 valence electrons. The Bertz CT molecular complexity index is 614. The van der Waals surface area contributed by atoms with Crippen molar-refractivity contribution in [2.45, 2.75) is 31.7 Å². The summed E-state index contributed by atoms with van der Waals surface area (Å²) in [6, 6.07) is 8.43. The van der Waals surface area contributed by atoms with Gasteiger partial charge in [0.2, 0.25) is 0 Å². The second-order valence-corrected chi connectivity index (χ2v) is 8.22. The first kappa shape index (κ1) is 17.9. The minimum absolute atomic E-state index is 0.211. The first-order valence-corrected chi connectivity index (χ1v) is 10.2. The highest BCUT2D eigenvalue weighted by Gasteiger charge is 2.35. The van der Waals surface area contributed by atoms with Crippen molar-refractivity contribution in [3.05, 3.63) is 29.3 Å². The molecule has 3 fully saturated rings. The van der Waals surface area contributed by atoms with Gasteiger partial charge in [0.25, 0.3) is 0 Å². The van der Waals surface area contributed by atoms with Crippen molar-refractivity contribution in [1.29, 1.82) is 0 Å². The Labute approximate surface area is 160 Å². The van der Waals surface area contributed by atoms with Crippen LogP contribution in [0.5, 0.6) is 5.75 Å². The molecule has 2 amide bonds. The van der Waals surface area contributed by atoms with Gasteiger partial charge in [0.15, 0.2) is 0 Å². The smallest absolute Gasteiger partial charge is 0.320 e. The van der Waals surface area contributed by atoms with Crippen molar-refractivity contribution in [1.82, 2.24) is 14.7 Å². The molecule has 3 aliphatic rings. The maximum atomic E-state index is 12.7. The van der Waals surface area contributed by atoms with Gasteiger partial charge >= 0.3 is 6.03 Å². The number of hydrogen-bond donors (Lipinski definition) is 0. The second kappa shape index (κ2) is 8.05. The zero-order chi connectivity index (χ0) is 17.9. The number of likely N-dealkylation sites (tertiary alicyclic amines) is 1. The Morgan fingerprint density at radius 3 is 2.46 bits per heavy atom. The van der Waals surface area contributed by atoms with Crippen LogP contribution in [-0.4, -0.2) is 72.6 Å². The number of benzene rings is 1. The molecule has 1 aromatic rings. The van der Waals surface area contributed by atoms with Crippen molar-refractivity contribution < 1.29 is 9.53 Å². The number of urea groups is 1. The fraction of sp³-hybridized carbons (Fsp3) is 0.650. The molecule has 0 unspecified atom stereocenters. The first-order valence-electron chi connectivity index (χ1n) is 9.85. The number of carbonyl (C=O) groups excluding carboxylic acids is 1. The highest BCUT2D eigenvalue weighted by Crippen LogP contribution is 2.26. The van der Waals surface area contributed by atoms with Crippen molar-refractivity contribution in [2.24, 2.45) is 5.92 Å². The average molecular weight is 378 g/mol. The normalized spacial score (nSPS) is 22.5. The van der Waals surface area contributed by atoms with E-state index in [1.807, 2.05) is 29.2 Å². The van der Waals surface area contributed by atoms with E-state index >= 15 is 0 Å². The number of ether oxygens (including phenoxy) is 1. The minimum Gasteiger partial charge on any atom is -0.493 e. The molecule has 0 N–H and O–H groups in total. The lowest BCUT2D eigenvalue weighted by Crippen LogP contribution is -2.56. The van der Waals surface area contributed by atoms with Gasteiger partial charge in [0.05, 0.1) is 6.61 Å². The zero-order valence-corrected chi connectivity index (χ0v) is 16.0. The molecule has 26 heavy (non-hydrogen) atoms. The minimum atomic E-state index is 0.211. The van der Waals surface area contributed by atoms with E-state index in [-0.39, 0.29) is 6.03 Å². The van der Waals surface area contributed by atoms with Gasteiger partial charge in [-0.2, -0.15) is 0 Å². The molecule has 0 spiro atoms. The zero-order valence-electron chi connectivity index (χ0n) is 15.3. The Morgan fingerprint density at radius 1 is 1.00 bits per heavy atom. The summed E-state index contributed by atoms with van der Waals surface area (Å²) in [7, 11) is 0.